The number of hydrogen-bond acceptors (Lipinski definition) is 2. The molecule has 1 saturated carbocycles. The van der Waals surface area contributed by atoms with Crippen LogP contribution in [0.25, 0.3) is 0 Å². The van der Waals surface area contributed by atoms with E-state index in [0.717, 1.165) is 22.7 Å². The molecule has 0 amide bonds. The zero-order valence-corrected chi connectivity index (χ0v) is 13.0. The molecule has 1 aromatic rings. The molecule has 2 nitrogen and oxygen atoms in total. The monoisotopic (exact) mass is 313 g/mol. The molecule has 1 aliphatic carbocycles. The summed E-state index contributed by atoms with van der Waals surface area (Å²) in [5.41, 5.74) is 0. The Bertz CT molecular complexity index is 363. The van der Waals surface area contributed by atoms with Crippen LogP contribution >= 0.6 is 15.9 Å². The van der Waals surface area contributed by atoms with Crippen molar-refractivity contribution in [1.82, 2.24) is 5.32 Å². The molecule has 3 unspecified atom stereocenters. The first-order valence-electron chi connectivity index (χ1n) is 7.22. The van der Waals surface area contributed by atoms with E-state index in [1.807, 2.05) is 6.07 Å². The van der Waals surface area contributed by atoms with E-state index in [1.165, 1.54) is 32.1 Å². The molecule has 102 valence electrons. The number of hydrogen-bond donors (Lipinski definition) is 1. The molecule has 1 fully saturated rings. The molecule has 2 rings (SSSR count). The average molecular weight is 314 g/mol. The van der Waals surface area contributed by atoms with E-state index in [9.17, 15) is 0 Å². The number of furan rings is 1. The standard InChI is InChI=1S/C15H24BrNO/c1-3-11-6-5-7-12(10-11)14(17-4-2)15-13(16)8-9-18-15/h8-9,11-12,14,17H,3-7,10H2,1-2H3. The first-order chi connectivity index (χ1) is 8.76. The lowest BCUT2D eigenvalue weighted by Crippen LogP contribution is -2.31. The molecular formula is C15H24BrNO. The summed E-state index contributed by atoms with van der Waals surface area (Å²) in [5, 5.41) is 3.62. The maximum absolute atomic E-state index is 5.69. The molecule has 3 atom stereocenters. The van der Waals surface area contributed by atoms with Crippen LogP contribution < -0.4 is 5.32 Å². The lowest BCUT2D eigenvalue weighted by Gasteiger charge is -2.34. The minimum atomic E-state index is 0.369. The molecular weight excluding hydrogens is 290 g/mol. The zero-order chi connectivity index (χ0) is 13.0. The van der Waals surface area contributed by atoms with Gasteiger partial charge in [0.1, 0.15) is 5.76 Å². The van der Waals surface area contributed by atoms with Gasteiger partial charge in [0, 0.05) is 0 Å². The fourth-order valence-electron chi connectivity index (χ4n) is 3.23. The molecule has 0 saturated heterocycles. The van der Waals surface area contributed by atoms with Crippen LogP contribution in [0.1, 0.15) is 57.8 Å². The van der Waals surface area contributed by atoms with Gasteiger partial charge in [-0.3, -0.25) is 0 Å². The highest BCUT2D eigenvalue weighted by Crippen LogP contribution is 2.40. The molecule has 1 heterocycles. The van der Waals surface area contributed by atoms with Crippen molar-refractivity contribution in [3.63, 3.8) is 0 Å². The van der Waals surface area contributed by atoms with E-state index in [4.69, 9.17) is 4.42 Å². The van der Waals surface area contributed by atoms with Gasteiger partial charge in [-0.15, -0.1) is 0 Å². The van der Waals surface area contributed by atoms with Gasteiger partial charge in [-0.2, -0.15) is 0 Å². The third-order valence-electron chi connectivity index (χ3n) is 4.22. The molecule has 18 heavy (non-hydrogen) atoms. The van der Waals surface area contributed by atoms with Crippen LogP contribution in [0.4, 0.5) is 0 Å². The van der Waals surface area contributed by atoms with Gasteiger partial charge < -0.3 is 9.73 Å². The third kappa shape index (κ3) is 3.18. The summed E-state index contributed by atoms with van der Waals surface area (Å²) in [6.07, 6.45) is 8.52. The quantitative estimate of drug-likeness (QED) is 0.835. The molecule has 0 spiro atoms. The summed E-state index contributed by atoms with van der Waals surface area (Å²) in [6.45, 7) is 5.48. The Morgan fingerprint density at radius 3 is 2.89 bits per heavy atom. The normalized spacial score (nSPS) is 26.2. The minimum Gasteiger partial charge on any atom is -0.466 e. The molecule has 0 radical (unpaired) electrons. The summed E-state index contributed by atoms with van der Waals surface area (Å²) in [4.78, 5) is 0. The highest BCUT2D eigenvalue weighted by Gasteiger charge is 2.31. The summed E-state index contributed by atoms with van der Waals surface area (Å²) in [6, 6.07) is 2.37. The Morgan fingerprint density at radius 2 is 2.28 bits per heavy atom. The van der Waals surface area contributed by atoms with Crippen LogP contribution in [-0.4, -0.2) is 6.54 Å². The largest absolute Gasteiger partial charge is 0.466 e. The summed E-state index contributed by atoms with van der Waals surface area (Å²) >= 11 is 3.60. The van der Waals surface area contributed by atoms with Gasteiger partial charge in [-0.1, -0.05) is 33.1 Å². The fraction of sp³-hybridized carbons (Fsp3) is 0.733. The van der Waals surface area contributed by atoms with Gasteiger partial charge in [-0.25, -0.2) is 0 Å². The fourth-order valence-corrected chi connectivity index (χ4v) is 3.67. The second-order valence-electron chi connectivity index (χ2n) is 5.37. The second-order valence-corrected chi connectivity index (χ2v) is 6.22. The molecule has 1 aromatic heterocycles. The van der Waals surface area contributed by atoms with Gasteiger partial charge in [0.15, 0.2) is 0 Å². The van der Waals surface area contributed by atoms with Crippen molar-refractivity contribution < 1.29 is 4.42 Å². The Kier molecular flexibility index (Phi) is 5.31. The predicted molar refractivity (Wildman–Crippen MR) is 78.6 cm³/mol. The van der Waals surface area contributed by atoms with E-state index in [2.05, 4.69) is 35.1 Å². The topological polar surface area (TPSA) is 25.2 Å². The van der Waals surface area contributed by atoms with Gasteiger partial charge in [-0.05, 0) is 53.2 Å². The summed E-state index contributed by atoms with van der Waals surface area (Å²) in [5.74, 6) is 2.70. The average Bonchev–Trinajstić information content (AvgIpc) is 2.82. The first kappa shape index (κ1) is 14.1. The highest BCUT2D eigenvalue weighted by molar-refractivity contribution is 9.10. The van der Waals surface area contributed by atoms with Gasteiger partial charge in [0.2, 0.25) is 0 Å². The van der Waals surface area contributed by atoms with Crippen LogP contribution in [0, 0.1) is 11.8 Å². The summed E-state index contributed by atoms with van der Waals surface area (Å²) < 4.78 is 6.80. The van der Waals surface area contributed by atoms with E-state index >= 15 is 0 Å². The maximum Gasteiger partial charge on any atom is 0.135 e. The minimum absolute atomic E-state index is 0.369. The maximum atomic E-state index is 5.69. The van der Waals surface area contributed by atoms with E-state index in [-0.39, 0.29) is 0 Å². The van der Waals surface area contributed by atoms with Gasteiger partial charge >= 0.3 is 0 Å². The van der Waals surface area contributed by atoms with Crippen LogP contribution in [0.5, 0.6) is 0 Å². The molecule has 3 heteroatoms. The zero-order valence-electron chi connectivity index (χ0n) is 11.4. The lowest BCUT2D eigenvalue weighted by atomic mass is 9.76. The highest BCUT2D eigenvalue weighted by atomic mass is 79.9. The molecule has 0 bridgehead atoms. The Hall–Kier alpha value is -0.280. The van der Waals surface area contributed by atoms with Crippen molar-refractivity contribution in [2.24, 2.45) is 11.8 Å². The van der Waals surface area contributed by atoms with E-state index in [1.54, 1.807) is 6.26 Å². The summed E-state index contributed by atoms with van der Waals surface area (Å²) in [7, 11) is 0. The Morgan fingerprint density at radius 1 is 1.44 bits per heavy atom. The number of rotatable bonds is 5. The van der Waals surface area contributed by atoms with Crippen molar-refractivity contribution in [2.75, 3.05) is 6.54 Å². The third-order valence-corrected chi connectivity index (χ3v) is 4.88. The lowest BCUT2D eigenvalue weighted by molar-refractivity contribution is 0.194. The molecule has 1 aliphatic rings. The van der Waals surface area contributed by atoms with Crippen molar-refractivity contribution in [3.05, 3.63) is 22.6 Å². The Balaban J connectivity index is 2.12. The predicted octanol–water partition coefficient (Wildman–Crippen LogP) is 4.91. The van der Waals surface area contributed by atoms with Crippen LogP contribution in [0.3, 0.4) is 0 Å². The van der Waals surface area contributed by atoms with Gasteiger partial charge in [0.25, 0.3) is 0 Å². The smallest absolute Gasteiger partial charge is 0.135 e. The van der Waals surface area contributed by atoms with Crippen LogP contribution in [-0.2, 0) is 0 Å². The number of nitrogens with one attached hydrogen (secondary N) is 1. The SMILES string of the molecule is CCNC(c1occc1Br)C1CCCC(CC)C1. The van der Waals surface area contributed by atoms with Gasteiger partial charge in [0.05, 0.1) is 16.8 Å². The first-order valence-corrected chi connectivity index (χ1v) is 8.01. The van der Waals surface area contributed by atoms with Crippen LogP contribution in [0.15, 0.2) is 21.2 Å². The van der Waals surface area contributed by atoms with E-state index < -0.39 is 0 Å². The Labute approximate surface area is 119 Å². The van der Waals surface area contributed by atoms with E-state index in [0.29, 0.717) is 12.0 Å². The molecule has 0 aromatic carbocycles. The van der Waals surface area contributed by atoms with Crippen molar-refractivity contribution in [2.45, 2.75) is 52.0 Å². The molecule has 0 aliphatic heterocycles. The van der Waals surface area contributed by atoms with Crippen molar-refractivity contribution in [3.8, 4) is 0 Å². The van der Waals surface area contributed by atoms with Crippen molar-refractivity contribution in [1.29, 1.82) is 0 Å². The second kappa shape index (κ2) is 6.76. The van der Waals surface area contributed by atoms with Crippen molar-refractivity contribution >= 4 is 15.9 Å². The molecule has 1 N–H and O–H groups in total. The van der Waals surface area contributed by atoms with Crippen LogP contribution in [0.2, 0.25) is 0 Å². The number of halogens is 1.